The first-order chi connectivity index (χ1) is 20.0. The van der Waals surface area contributed by atoms with Gasteiger partial charge in [-0.1, -0.05) is 65.7 Å². The lowest BCUT2D eigenvalue weighted by Crippen LogP contribution is -2.44. The molecule has 0 radical (unpaired) electrons. The largest absolute Gasteiger partial charge is 0.416 e. The number of ether oxygens (including phenoxy) is 1. The normalized spacial score (nSPS) is 21.7. The van der Waals surface area contributed by atoms with Gasteiger partial charge in [-0.2, -0.15) is 13.2 Å². The van der Waals surface area contributed by atoms with Crippen molar-refractivity contribution in [1.29, 1.82) is 0 Å². The van der Waals surface area contributed by atoms with Crippen LogP contribution >= 0.6 is 0 Å². The number of benzene rings is 1. The minimum atomic E-state index is -4.44. The SMILES string of the molecule is CC(C)c1nc2c(c(C3=CCOCC3)c1C(O)c1ccc(C(F)(F)F)cc1)[C@H](O[Si](C)(C)C(C)(C)C)CC1(CCCC1)C2. The van der Waals surface area contributed by atoms with Crippen LogP contribution in [-0.4, -0.2) is 31.6 Å². The molecule has 1 N–H and O–H groups in total. The molecule has 2 aliphatic carbocycles. The van der Waals surface area contributed by atoms with Gasteiger partial charge in [-0.3, -0.25) is 4.98 Å². The maximum atomic E-state index is 13.4. The number of aliphatic hydroxyl groups excluding tert-OH is 1. The highest BCUT2D eigenvalue weighted by molar-refractivity contribution is 6.74. The van der Waals surface area contributed by atoms with Gasteiger partial charge in [-0.25, -0.2) is 0 Å². The summed E-state index contributed by atoms with van der Waals surface area (Å²) in [6.07, 6.45) is 3.68. The first kappa shape index (κ1) is 32.4. The van der Waals surface area contributed by atoms with Crippen LogP contribution in [0.3, 0.4) is 0 Å². The molecule has 2 atom stereocenters. The average molecular weight is 616 g/mol. The van der Waals surface area contributed by atoms with E-state index in [9.17, 15) is 18.3 Å². The lowest BCUT2D eigenvalue weighted by atomic mass is 9.68. The van der Waals surface area contributed by atoms with Crippen molar-refractivity contribution in [1.82, 2.24) is 4.98 Å². The second-order valence-corrected chi connectivity index (χ2v) is 19.6. The van der Waals surface area contributed by atoms with Crippen LogP contribution in [0.5, 0.6) is 0 Å². The molecule has 0 bridgehead atoms. The molecular formula is C35H48F3NO3Si. The van der Waals surface area contributed by atoms with Gasteiger partial charge in [0.25, 0.3) is 0 Å². The Labute approximate surface area is 256 Å². The van der Waals surface area contributed by atoms with Crippen molar-refractivity contribution in [2.45, 2.75) is 122 Å². The molecular weight excluding hydrogens is 567 g/mol. The maximum absolute atomic E-state index is 13.4. The molecule has 1 aliphatic heterocycles. The minimum absolute atomic E-state index is 0.00445. The van der Waals surface area contributed by atoms with Crippen LogP contribution < -0.4 is 0 Å². The average Bonchev–Trinajstić information content (AvgIpc) is 3.37. The number of nitrogens with zero attached hydrogens (tertiary/aromatic N) is 1. The third-order valence-electron chi connectivity index (χ3n) is 10.4. The molecule has 1 spiro atoms. The van der Waals surface area contributed by atoms with E-state index in [4.69, 9.17) is 14.1 Å². The standard InChI is InChI=1S/C35H48F3NO3Si/c1-22(2)31-30(32(40)24-10-12-25(13-11-24)35(36,37)38)28(23-14-18-41-19-15-23)29-26(39-31)20-34(16-8-9-17-34)21-27(29)42-43(6,7)33(3,4)5/h10-14,22,27,32,40H,8-9,15-21H2,1-7H3/t27-,32?/m1/s1. The van der Waals surface area contributed by atoms with Crippen molar-refractivity contribution in [2.75, 3.05) is 13.2 Å². The molecule has 4 nitrogen and oxygen atoms in total. The Morgan fingerprint density at radius 2 is 1.72 bits per heavy atom. The van der Waals surface area contributed by atoms with E-state index in [1.807, 2.05) is 0 Å². The number of rotatable bonds is 6. The summed E-state index contributed by atoms with van der Waals surface area (Å²) in [5.41, 5.74) is 5.63. The van der Waals surface area contributed by atoms with Crippen LogP contribution in [0.1, 0.15) is 130 Å². The van der Waals surface area contributed by atoms with Crippen LogP contribution in [0.25, 0.3) is 5.57 Å². The fraction of sp³-hybridized carbons (Fsp3) is 0.629. The second-order valence-electron chi connectivity index (χ2n) is 14.8. The Kier molecular flexibility index (Phi) is 8.84. The van der Waals surface area contributed by atoms with Gasteiger partial charge in [0.05, 0.1) is 24.9 Å². The summed E-state index contributed by atoms with van der Waals surface area (Å²) in [4.78, 5) is 5.37. The maximum Gasteiger partial charge on any atom is 0.416 e. The number of pyridine rings is 1. The Bertz CT molecular complexity index is 1350. The van der Waals surface area contributed by atoms with Crippen molar-refractivity contribution in [3.8, 4) is 0 Å². The van der Waals surface area contributed by atoms with E-state index in [1.165, 1.54) is 37.8 Å². The van der Waals surface area contributed by atoms with Crippen molar-refractivity contribution < 1.29 is 27.4 Å². The van der Waals surface area contributed by atoms with Gasteiger partial charge in [0.15, 0.2) is 8.32 Å². The Morgan fingerprint density at radius 1 is 1.07 bits per heavy atom. The monoisotopic (exact) mass is 615 g/mol. The Balaban J connectivity index is 1.76. The number of hydrogen-bond acceptors (Lipinski definition) is 4. The molecule has 43 heavy (non-hydrogen) atoms. The summed E-state index contributed by atoms with van der Waals surface area (Å²) in [7, 11) is -2.21. The summed E-state index contributed by atoms with van der Waals surface area (Å²) >= 11 is 0. The van der Waals surface area contributed by atoms with Crippen LogP contribution in [0.4, 0.5) is 13.2 Å². The van der Waals surface area contributed by atoms with Gasteiger partial charge in [0.1, 0.15) is 6.10 Å². The molecule has 1 fully saturated rings. The summed E-state index contributed by atoms with van der Waals surface area (Å²) in [5.74, 6) is 0.00445. The lowest BCUT2D eigenvalue weighted by molar-refractivity contribution is -0.137. The van der Waals surface area contributed by atoms with E-state index in [0.717, 1.165) is 53.1 Å². The molecule has 2 aromatic rings. The summed E-state index contributed by atoms with van der Waals surface area (Å²) in [5, 5.41) is 12.1. The van der Waals surface area contributed by atoms with Crippen LogP contribution in [-0.2, 0) is 21.8 Å². The number of hydrogen-bond donors (Lipinski definition) is 1. The predicted octanol–water partition coefficient (Wildman–Crippen LogP) is 9.68. The zero-order valence-corrected chi connectivity index (χ0v) is 27.8. The predicted molar refractivity (Wildman–Crippen MR) is 167 cm³/mol. The molecule has 8 heteroatoms. The lowest BCUT2D eigenvalue weighted by Gasteiger charge is -2.46. The van der Waals surface area contributed by atoms with Gasteiger partial charge in [0.2, 0.25) is 0 Å². The Hall–Kier alpha value is -2.00. The zero-order chi connectivity index (χ0) is 31.4. The third-order valence-corrected chi connectivity index (χ3v) is 14.9. The highest BCUT2D eigenvalue weighted by Gasteiger charge is 2.48. The quantitative estimate of drug-likeness (QED) is 0.329. The highest BCUT2D eigenvalue weighted by atomic mass is 28.4. The molecule has 5 rings (SSSR count). The van der Waals surface area contributed by atoms with Gasteiger partial charge >= 0.3 is 6.18 Å². The molecule has 0 amide bonds. The smallest absolute Gasteiger partial charge is 0.410 e. The number of aliphatic hydroxyl groups is 1. The Morgan fingerprint density at radius 3 is 2.26 bits per heavy atom. The van der Waals surface area contributed by atoms with Crippen molar-refractivity contribution >= 4 is 13.9 Å². The van der Waals surface area contributed by atoms with E-state index in [1.54, 1.807) is 0 Å². The molecule has 2 heterocycles. The number of aromatic nitrogens is 1. The summed E-state index contributed by atoms with van der Waals surface area (Å²) < 4.78 is 53.2. The molecule has 0 saturated heterocycles. The van der Waals surface area contributed by atoms with Crippen LogP contribution in [0.2, 0.25) is 18.1 Å². The second kappa shape index (κ2) is 11.7. The summed E-state index contributed by atoms with van der Waals surface area (Å²) in [6.45, 7) is 16.6. The molecule has 236 valence electrons. The van der Waals surface area contributed by atoms with E-state index >= 15 is 0 Å². The zero-order valence-electron chi connectivity index (χ0n) is 26.8. The number of alkyl halides is 3. The van der Waals surface area contributed by atoms with Gasteiger partial charge in [-0.15, -0.1) is 0 Å². The molecule has 1 unspecified atom stereocenters. The van der Waals surface area contributed by atoms with Gasteiger partial charge in [-0.05, 0) is 90.4 Å². The summed E-state index contributed by atoms with van der Waals surface area (Å²) in [6, 6.07) is 4.91. The first-order valence-electron chi connectivity index (χ1n) is 15.9. The van der Waals surface area contributed by atoms with Crippen LogP contribution in [0.15, 0.2) is 30.3 Å². The molecule has 1 aromatic carbocycles. The molecule has 3 aliphatic rings. The van der Waals surface area contributed by atoms with E-state index < -0.39 is 26.2 Å². The molecule has 1 aromatic heterocycles. The van der Waals surface area contributed by atoms with Crippen molar-refractivity contribution in [3.63, 3.8) is 0 Å². The van der Waals surface area contributed by atoms with Gasteiger partial charge < -0.3 is 14.3 Å². The van der Waals surface area contributed by atoms with E-state index in [2.05, 4.69) is 53.8 Å². The van der Waals surface area contributed by atoms with Crippen molar-refractivity contribution in [3.05, 3.63) is 69.5 Å². The van der Waals surface area contributed by atoms with Crippen LogP contribution in [0, 0.1) is 5.41 Å². The number of halogens is 3. The minimum Gasteiger partial charge on any atom is -0.410 e. The fourth-order valence-corrected chi connectivity index (χ4v) is 8.33. The van der Waals surface area contributed by atoms with Crippen molar-refractivity contribution in [2.24, 2.45) is 5.41 Å². The molecule has 1 saturated carbocycles. The first-order valence-corrected chi connectivity index (χ1v) is 18.8. The van der Waals surface area contributed by atoms with Gasteiger partial charge in [0, 0.05) is 22.5 Å². The topological polar surface area (TPSA) is 51.6 Å². The number of fused-ring (bicyclic) bond motifs is 1. The third kappa shape index (κ3) is 6.40. The van der Waals surface area contributed by atoms with E-state index in [-0.39, 0.29) is 22.5 Å². The fourth-order valence-electron chi connectivity index (χ4n) is 7.06. The highest BCUT2D eigenvalue weighted by Crippen LogP contribution is 2.56. The van der Waals surface area contributed by atoms with E-state index in [0.29, 0.717) is 30.8 Å².